The average Bonchev–Trinajstić information content (AvgIpc) is 2.87. The zero-order valence-electron chi connectivity index (χ0n) is 10.5. The summed E-state index contributed by atoms with van der Waals surface area (Å²) >= 11 is 0. The molecule has 0 amide bonds. The molecule has 0 radical (unpaired) electrons. The van der Waals surface area contributed by atoms with Crippen LogP contribution in [0.25, 0.3) is 0 Å². The maximum atomic E-state index is 13.6. The normalized spacial score (nSPS) is 15.7. The van der Waals surface area contributed by atoms with Gasteiger partial charge in [0.1, 0.15) is 0 Å². The number of hydrogen-bond donors (Lipinski definition) is 2. The minimum absolute atomic E-state index is 0.00157. The second kappa shape index (κ2) is 5.97. The van der Waals surface area contributed by atoms with E-state index in [1.807, 2.05) is 0 Å². The van der Waals surface area contributed by atoms with Crippen LogP contribution in [0.2, 0.25) is 0 Å². The van der Waals surface area contributed by atoms with Crippen LogP contribution in [0, 0.1) is 11.6 Å². The average molecular weight is 270 g/mol. The van der Waals surface area contributed by atoms with Crippen LogP contribution in [0.1, 0.15) is 23.2 Å². The van der Waals surface area contributed by atoms with Crippen molar-refractivity contribution in [3.8, 4) is 0 Å². The Bertz CT molecular complexity index is 474. The van der Waals surface area contributed by atoms with Crippen LogP contribution >= 0.6 is 0 Å². The molecule has 1 aromatic carbocycles. The summed E-state index contributed by atoms with van der Waals surface area (Å²) in [6.07, 6.45) is 2.35. The summed E-state index contributed by atoms with van der Waals surface area (Å²) in [5, 5.41) is 11.5. The molecule has 0 unspecified atom stereocenters. The molecule has 19 heavy (non-hydrogen) atoms. The van der Waals surface area contributed by atoms with Gasteiger partial charge in [0.15, 0.2) is 11.6 Å². The SMILES string of the molecule is O=C(O)c1ccc(NCCN2CCCC2)c(F)c1F. The lowest BCUT2D eigenvalue weighted by Crippen LogP contribution is -2.26. The maximum absolute atomic E-state index is 13.6. The van der Waals surface area contributed by atoms with Gasteiger partial charge < -0.3 is 15.3 Å². The number of anilines is 1. The lowest BCUT2D eigenvalue weighted by molar-refractivity contribution is 0.0690. The monoisotopic (exact) mass is 270 g/mol. The van der Waals surface area contributed by atoms with E-state index in [-0.39, 0.29) is 5.69 Å². The van der Waals surface area contributed by atoms with Gasteiger partial charge in [-0.2, -0.15) is 0 Å². The minimum Gasteiger partial charge on any atom is -0.478 e. The highest BCUT2D eigenvalue weighted by Gasteiger charge is 2.18. The number of carboxylic acid groups (broad SMARTS) is 1. The van der Waals surface area contributed by atoms with E-state index in [2.05, 4.69) is 10.2 Å². The molecule has 2 N–H and O–H groups in total. The first kappa shape index (κ1) is 13.7. The van der Waals surface area contributed by atoms with E-state index in [0.29, 0.717) is 6.54 Å². The Balaban J connectivity index is 1.96. The third kappa shape index (κ3) is 3.20. The molecular formula is C13H16F2N2O2. The molecule has 2 rings (SSSR count). The summed E-state index contributed by atoms with van der Waals surface area (Å²) < 4.78 is 27.0. The Morgan fingerprint density at radius 1 is 1.26 bits per heavy atom. The molecule has 1 heterocycles. The molecule has 1 aliphatic heterocycles. The fourth-order valence-electron chi connectivity index (χ4n) is 2.21. The number of rotatable bonds is 5. The number of likely N-dealkylation sites (tertiary alicyclic amines) is 1. The highest BCUT2D eigenvalue weighted by atomic mass is 19.2. The van der Waals surface area contributed by atoms with Crippen molar-refractivity contribution in [2.75, 3.05) is 31.5 Å². The topological polar surface area (TPSA) is 52.6 Å². The number of carboxylic acids is 1. The van der Waals surface area contributed by atoms with Crippen molar-refractivity contribution in [2.24, 2.45) is 0 Å². The summed E-state index contributed by atoms with van der Waals surface area (Å²) in [6.45, 7) is 3.34. The summed E-state index contributed by atoms with van der Waals surface area (Å²) in [6, 6.07) is 2.32. The number of aromatic carboxylic acids is 1. The van der Waals surface area contributed by atoms with Gasteiger partial charge in [-0.05, 0) is 38.1 Å². The Morgan fingerprint density at radius 2 is 1.95 bits per heavy atom. The number of benzene rings is 1. The first-order valence-corrected chi connectivity index (χ1v) is 6.27. The van der Waals surface area contributed by atoms with Crippen molar-refractivity contribution in [1.82, 2.24) is 4.90 Å². The molecule has 1 saturated heterocycles. The second-order valence-electron chi connectivity index (χ2n) is 4.57. The molecule has 104 valence electrons. The molecule has 0 atom stereocenters. The minimum atomic E-state index is -1.47. The smallest absolute Gasteiger partial charge is 0.338 e. The highest BCUT2D eigenvalue weighted by Crippen LogP contribution is 2.20. The van der Waals surface area contributed by atoms with E-state index in [4.69, 9.17) is 5.11 Å². The Labute approximate surface area is 110 Å². The van der Waals surface area contributed by atoms with Gasteiger partial charge in [-0.3, -0.25) is 0 Å². The maximum Gasteiger partial charge on any atom is 0.338 e. The summed E-state index contributed by atoms with van der Waals surface area (Å²) in [5.74, 6) is -3.93. The lowest BCUT2D eigenvalue weighted by Gasteiger charge is -2.15. The molecule has 1 aliphatic rings. The van der Waals surface area contributed by atoms with Gasteiger partial charge in [-0.1, -0.05) is 0 Å². The van der Waals surface area contributed by atoms with Crippen LogP contribution in [0.5, 0.6) is 0 Å². The van der Waals surface area contributed by atoms with E-state index >= 15 is 0 Å². The fourth-order valence-corrected chi connectivity index (χ4v) is 2.21. The first-order chi connectivity index (χ1) is 9.09. The highest BCUT2D eigenvalue weighted by molar-refractivity contribution is 5.88. The van der Waals surface area contributed by atoms with Gasteiger partial charge in [0.25, 0.3) is 0 Å². The van der Waals surface area contributed by atoms with Gasteiger partial charge in [0.2, 0.25) is 0 Å². The third-order valence-electron chi connectivity index (χ3n) is 3.25. The van der Waals surface area contributed by atoms with Gasteiger partial charge in [0, 0.05) is 13.1 Å². The molecule has 4 nitrogen and oxygen atoms in total. The predicted octanol–water partition coefficient (Wildman–Crippen LogP) is 2.17. The molecule has 0 aliphatic carbocycles. The van der Waals surface area contributed by atoms with E-state index in [1.54, 1.807) is 0 Å². The predicted molar refractivity (Wildman–Crippen MR) is 67.5 cm³/mol. The lowest BCUT2D eigenvalue weighted by atomic mass is 10.2. The Morgan fingerprint density at radius 3 is 2.58 bits per heavy atom. The zero-order chi connectivity index (χ0) is 13.8. The number of nitrogens with one attached hydrogen (secondary N) is 1. The van der Waals surface area contributed by atoms with Crippen LogP contribution in [0.4, 0.5) is 14.5 Å². The third-order valence-corrected chi connectivity index (χ3v) is 3.25. The number of hydrogen-bond acceptors (Lipinski definition) is 3. The van der Waals surface area contributed by atoms with Crippen LogP contribution < -0.4 is 5.32 Å². The zero-order valence-corrected chi connectivity index (χ0v) is 10.5. The van der Waals surface area contributed by atoms with Crippen molar-refractivity contribution in [1.29, 1.82) is 0 Å². The standard InChI is InChI=1S/C13H16F2N2O2/c14-11-9(13(18)19)3-4-10(12(11)15)16-5-8-17-6-1-2-7-17/h3-4,16H,1-2,5-8H2,(H,18,19). The molecule has 0 saturated carbocycles. The quantitative estimate of drug-likeness (QED) is 0.861. The molecule has 1 aromatic rings. The van der Waals surface area contributed by atoms with Gasteiger partial charge in [-0.15, -0.1) is 0 Å². The molecule has 1 fully saturated rings. The Hall–Kier alpha value is -1.69. The summed E-state index contributed by atoms with van der Waals surface area (Å²) in [7, 11) is 0. The van der Waals surface area contributed by atoms with Crippen LogP contribution in [0.15, 0.2) is 12.1 Å². The molecular weight excluding hydrogens is 254 g/mol. The number of nitrogens with zero attached hydrogens (tertiary/aromatic N) is 1. The van der Waals surface area contributed by atoms with E-state index < -0.39 is 23.2 Å². The van der Waals surface area contributed by atoms with Crippen molar-refractivity contribution >= 4 is 11.7 Å². The fraction of sp³-hybridized carbons (Fsp3) is 0.462. The molecule has 0 spiro atoms. The summed E-state index contributed by atoms with van der Waals surface area (Å²) in [4.78, 5) is 12.9. The van der Waals surface area contributed by atoms with Crippen LogP contribution in [-0.2, 0) is 0 Å². The van der Waals surface area contributed by atoms with Crippen LogP contribution in [0.3, 0.4) is 0 Å². The second-order valence-corrected chi connectivity index (χ2v) is 4.57. The number of carbonyl (C=O) groups is 1. The van der Waals surface area contributed by atoms with Crippen molar-refractivity contribution in [2.45, 2.75) is 12.8 Å². The van der Waals surface area contributed by atoms with Gasteiger partial charge in [0.05, 0.1) is 11.3 Å². The van der Waals surface area contributed by atoms with Gasteiger partial charge in [-0.25, -0.2) is 13.6 Å². The molecule has 0 bridgehead atoms. The largest absolute Gasteiger partial charge is 0.478 e. The number of halogens is 2. The molecule has 6 heteroatoms. The van der Waals surface area contributed by atoms with Crippen molar-refractivity contribution in [3.63, 3.8) is 0 Å². The van der Waals surface area contributed by atoms with Gasteiger partial charge >= 0.3 is 5.97 Å². The van der Waals surface area contributed by atoms with E-state index in [1.165, 1.54) is 18.9 Å². The van der Waals surface area contributed by atoms with E-state index in [9.17, 15) is 13.6 Å². The van der Waals surface area contributed by atoms with Crippen molar-refractivity contribution < 1.29 is 18.7 Å². The van der Waals surface area contributed by atoms with Crippen molar-refractivity contribution in [3.05, 3.63) is 29.3 Å². The summed E-state index contributed by atoms with van der Waals surface area (Å²) in [5.41, 5.74) is -0.649. The van der Waals surface area contributed by atoms with E-state index in [0.717, 1.165) is 25.7 Å². The molecule has 0 aromatic heterocycles. The first-order valence-electron chi connectivity index (χ1n) is 6.27. The Kier molecular flexibility index (Phi) is 4.31. The van der Waals surface area contributed by atoms with Crippen LogP contribution in [-0.4, -0.2) is 42.2 Å².